The summed E-state index contributed by atoms with van der Waals surface area (Å²) in [6.45, 7) is 0. The average Bonchev–Trinajstić information content (AvgIpc) is 2.12. The van der Waals surface area contributed by atoms with E-state index >= 15 is 0 Å². The summed E-state index contributed by atoms with van der Waals surface area (Å²) < 4.78 is 86.3. The van der Waals surface area contributed by atoms with Crippen LogP contribution in [0, 0.1) is 0 Å². The molecular weight excluding hydrogens is 237 g/mol. The van der Waals surface area contributed by atoms with E-state index < -0.39 is 35.5 Å². The lowest BCUT2D eigenvalue weighted by atomic mass is 9.86. The smallest absolute Gasteiger partial charge is 0.289 e. The molecule has 2 nitrogen and oxygen atoms in total. The first-order chi connectivity index (χ1) is 6.47. The molecule has 1 saturated carbocycles. The molecule has 0 aliphatic heterocycles. The van der Waals surface area contributed by atoms with Crippen molar-refractivity contribution in [1.29, 1.82) is 0 Å². The first-order valence-electron chi connectivity index (χ1n) is 3.34. The molecule has 0 amide bonds. The minimum absolute atomic E-state index is 3.29. The second kappa shape index (κ2) is 2.70. The quantitative estimate of drug-likeness (QED) is 0.597. The maximum absolute atomic E-state index is 12.3. The maximum Gasteiger partial charge on any atom is 0.380 e. The van der Waals surface area contributed by atoms with Crippen LogP contribution in [0.1, 0.15) is 0 Å². The molecule has 0 heterocycles. The van der Waals surface area contributed by atoms with Crippen LogP contribution >= 0.6 is 0 Å². The minimum atomic E-state index is -5.89. The number of hydrogen-bond donors (Lipinski definition) is 0. The van der Waals surface area contributed by atoms with Gasteiger partial charge in [0, 0.05) is 0 Å². The molecule has 1 unspecified atom stereocenters. The number of Topliss-reactive ketones (excluding diaryl/α,β-unsaturated/α-hetero) is 2. The van der Waals surface area contributed by atoms with Gasteiger partial charge < -0.3 is 0 Å². The molecular formula is C6HF7O2. The summed E-state index contributed by atoms with van der Waals surface area (Å²) in [7, 11) is 0. The number of halogens is 7. The highest BCUT2D eigenvalue weighted by Crippen LogP contribution is 2.47. The molecule has 0 radical (unpaired) electrons. The second-order valence-corrected chi connectivity index (χ2v) is 2.83. The van der Waals surface area contributed by atoms with Crippen LogP contribution in [0.3, 0.4) is 0 Å². The molecule has 86 valence electrons. The Balaban J connectivity index is 3.37. The van der Waals surface area contributed by atoms with Gasteiger partial charge in [-0.25, -0.2) is 4.39 Å². The van der Waals surface area contributed by atoms with E-state index in [9.17, 15) is 40.3 Å². The Kier molecular flexibility index (Phi) is 2.15. The zero-order valence-corrected chi connectivity index (χ0v) is 6.54. The summed E-state index contributed by atoms with van der Waals surface area (Å²) in [5, 5.41) is 0. The lowest BCUT2D eigenvalue weighted by molar-refractivity contribution is -0.246. The van der Waals surface area contributed by atoms with Crippen molar-refractivity contribution in [2.24, 2.45) is 0 Å². The van der Waals surface area contributed by atoms with Crippen LogP contribution in [-0.4, -0.2) is 35.5 Å². The highest BCUT2D eigenvalue weighted by molar-refractivity contribution is 6.09. The van der Waals surface area contributed by atoms with Gasteiger partial charge in [0.1, 0.15) is 0 Å². The van der Waals surface area contributed by atoms with Gasteiger partial charge in [0.05, 0.1) is 0 Å². The Morgan fingerprint density at radius 1 is 0.867 bits per heavy atom. The molecule has 0 aromatic rings. The molecule has 1 aliphatic rings. The molecule has 9 heteroatoms. The number of alkyl halides is 7. The summed E-state index contributed by atoms with van der Waals surface area (Å²) in [4.78, 5) is 20.4. The standard InChI is InChI=1S/C6HF7O2/c7-1-2(14)5(10,11)6(12,13)3(15)4(1,8)9/h1H. The first-order valence-corrected chi connectivity index (χ1v) is 3.34. The number of ketones is 2. The molecule has 1 fully saturated rings. The van der Waals surface area contributed by atoms with Crippen LogP contribution in [0.5, 0.6) is 0 Å². The average molecular weight is 238 g/mol. The molecule has 15 heavy (non-hydrogen) atoms. The Bertz CT molecular complexity index is 334. The third kappa shape index (κ3) is 1.18. The van der Waals surface area contributed by atoms with Crippen molar-refractivity contribution in [3.8, 4) is 0 Å². The number of carbonyl (C=O) groups excluding carboxylic acids is 2. The Morgan fingerprint density at radius 2 is 1.27 bits per heavy atom. The lowest BCUT2D eigenvalue weighted by Crippen LogP contribution is -2.68. The Morgan fingerprint density at radius 3 is 1.67 bits per heavy atom. The van der Waals surface area contributed by atoms with E-state index in [1.807, 2.05) is 0 Å². The summed E-state index contributed by atoms with van der Waals surface area (Å²) in [5.74, 6) is -24.0. The lowest BCUT2D eigenvalue weighted by Gasteiger charge is -2.34. The fourth-order valence-corrected chi connectivity index (χ4v) is 0.946. The van der Waals surface area contributed by atoms with Gasteiger partial charge in [0.15, 0.2) is 0 Å². The molecule has 0 saturated heterocycles. The van der Waals surface area contributed by atoms with E-state index in [-0.39, 0.29) is 0 Å². The van der Waals surface area contributed by atoms with E-state index in [2.05, 4.69) is 0 Å². The van der Waals surface area contributed by atoms with Crippen LogP contribution in [-0.2, 0) is 9.59 Å². The predicted molar refractivity (Wildman–Crippen MR) is 29.8 cm³/mol. The van der Waals surface area contributed by atoms with E-state index in [4.69, 9.17) is 0 Å². The van der Waals surface area contributed by atoms with Crippen molar-refractivity contribution in [2.75, 3.05) is 0 Å². The number of hydrogen-bond acceptors (Lipinski definition) is 2. The summed E-state index contributed by atoms with van der Waals surface area (Å²) >= 11 is 0. The van der Waals surface area contributed by atoms with Crippen molar-refractivity contribution in [3.63, 3.8) is 0 Å². The molecule has 0 N–H and O–H groups in total. The normalized spacial score (nSPS) is 32.9. The molecule has 0 bridgehead atoms. The molecule has 1 rings (SSSR count). The number of rotatable bonds is 0. The monoisotopic (exact) mass is 238 g/mol. The molecule has 0 aromatic heterocycles. The van der Waals surface area contributed by atoms with Crippen molar-refractivity contribution >= 4 is 11.6 Å². The van der Waals surface area contributed by atoms with Crippen molar-refractivity contribution in [3.05, 3.63) is 0 Å². The third-order valence-corrected chi connectivity index (χ3v) is 1.84. The van der Waals surface area contributed by atoms with E-state index in [0.29, 0.717) is 0 Å². The summed E-state index contributed by atoms with van der Waals surface area (Å²) in [6.07, 6.45) is -4.25. The largest absolute Gasteiger partial charge is 0.380 e. The predicted octanol–water partition coefficient (Wildman–Crippen LogP) is 1.38. The van der Waals surface area contributed by atoms with Gasteiger partial charge >= 0.3 is 17.8 Å². The minimum Gasteiger partial charge on any atom is -0.289 e. The highest BCUT2D eigenvalue weighted by Gasteiger charge is 2.80. The molecule has 1 atom stereocenters. The zero-order valence-electron chi connectivity index (χ0n) is 6.54. The second-order valence-electron chi connectivity index (χ2n) is 2.83. The Hall–Kier alpha value is -1.15. The molecule has 0 aromatic carbocycles. The van der Waals surface area contributed by atoms with Gasteiger partial charge in [-0.15, -0.1) is 0 Å². The summed E-state index contributed by atoms with van der Waals surface area (Å²) in [5.41, 5.74) is 0. The molecule has 1 aliphatic carbocycles. The Labute approximate surface area is 77.0 Å². The van der Waals surface area contributed by atoms with Crippen LogP contribution in [0.4, 0.5) is 30.7 Å². The fourth-order valence-electron chi connectivity index (χ4n) is 0.946. The van der Waals surface area contributed by atoms with Gasteiger partial charge in [0.25, 0.3) is 5.78 Å². The zero-order chi connectivity index (χ0) is 12.2. The maximum atomic E-state index is 12.3. The van der Waals surface area contributed by atoms with Crippen LogP contribution < -0.4 is 0 Å². The number of carbonyl (C=O) groups is 2. The van der Waals surface area contributed by atoms with Crippen LogP contribution in [0.15, 0.2) is 0 Å². The van der Waals surface area contributed by atoms with Gasteiger partial charge in [0.2, 0.25) is 12.0 Å². The van der Waals surface area contributed by atoms with Crippen molar-refractivity contribution in [2.45, 2.75) is 23.9 Å². The van der Waals surface area contributed by atoms with E-state index in [1.54, 1.807) is 0 Å². The van der Waals surface area contributed by atoms with E-state index in [1.165, 1.54) is 0 Å². The van der Waals surface area contributed by atoms with Gasteiger partial charge in [-0.1, -0.05) is 0 Å². The summed E-state index contributed by atoms with van der Waals surface area (Å²) in [6, 6.07) is 0. The van der Waals surface area contributed by atoms with Gasteiger partial charge in [-0.3, -0.25) is 9.59 Å². The van der Waals surface area contributed by atoms with Crippen LogP contribution in [0.25, 0.3) is 0 Å². The molecule has 0 spiro atoms. The van der Waals surface area contributed by atoms with E-state index in [0.717, 1.165) is 0 Å². The van der Waals surface area contributed by atoms with Gasteiger partial charge in [-0.2, -0.15) is 26.3 Å². The SMILES string of the molecule is O=C1C(F)C(F)(F)C(=O)C(F)(F)C1(F)F. The van der Waals surface area contributed by atoms with Crippen LogP contribution in [0.2, 0.25) is 0 Å². The fraction of sp³-hybridized carbons (Fsp3) is 0.667. The van der Waals surface area contributed by atoms with Crippen molar-refractivity contribution < 1.29 is 40.3 Å². The topological polar surface area (TPSA) is 34.1 Å². The third-order valence-electron chi connectivity index (χ3n) is 1.84. The van der Waals surface area contributed by atoms with Crippen molar-refractivity contribution in [1.82, 2.24) is 0 Å². The first kappa shape index (κ1) is 11.9. The highest BCUT2D eigenvalue weighted by atomic mass is 19.3. The van der Waals surface area contributed by atoms with Gasteiger partial charge in [-0.05, 0) is 0 Å².